The Bertz CT molecular complexity index is 301. The number of nitrogens with two attached hydrogens (primary N) is 1. The van der Waals surface area contributed by atoms with Crippen LogP contribution in [0.2, 0.25) is 5.02 Å². The first-order valence-electron chi connectivity index (χ1n) is 3.42. The molecule has 0 aliphatic heterocycles. The van der Waals surface area contributed by atoms with Gasteiger partial charge in [-0.2, -0.15) is 0 Å². The zero-order valence-corrected chi connectivity index (χ0v) is 8.79. The van der Waals surface area contributed by atoms with Crippen LogP contribution in [-0.4, -0.2) is 0 Å². The average molecular weight is 253 g/mol. The second kappa shape index (κ2) is 3.73. The Hall–Kier alpha value is -0.120. The van der Waals surface area contributed by atoms with Crippen LogP contribution in [0.5, 0.6) is 0 Å². The molecule has 0 heterocycles. The van der Waals surface area contributed by atoms with E-state index in [-0.39, 0.29) is 11.9 Å². The monoisotopic (exact) mass is 251 g/mol. The lowest BCUT2D eigenvalue weighted by molar-refractivity contribution is 0.593. The Morgan fingerprint density at radius 2 is 2.17 bits per heavy atom. The molecule has 0 spiro atoms. The van der Waals surface area contributed by atoms with Crippen LogP contribution in [0, 0.1) is 5.82 Å². The van der Waals surface area contributed by atoms with Crippen molar-refractivity contribution in [3.8, 4) is 0 Å². The summed E-state index contributed by atoms with van der Waals surface area (Å²) in [5.41, 5.74) is 5.95. The highest BCUT2D eigenvalue weighted by Gasteiger charge is 2.09. The zero-order valence-electron chi connectivity index (χ0n) is 6.44. The van der Waals surface area contributed by atoms with Crippen molar-refractivity contribution in [1.29, 1.82) is 0 Å². The van der Waals surface area contributed by atoms with Gasteiger partial charge < -0.3 is 5.73 Å². The zero-order chi connectivity index (χ0) is 9.30. The summed E-state index contributed by atoms with van der Waals surface area (Å²) in [7, 11) is 0. The predicted molar refractivity (Wildman–Crippen MR) is 51.7 cm³/mol. The Morgan fingerprint density at radius 1 is 1.58 bits per heavy atom. The number of halogens is 3. The van der Waals surface area contributed by atoms with E-state index in [0.717, 1.165) is 0 Å². The second-order valence-corrected chi connectivity index (χ2v) is 3.84. The van der Waals surface area contributed by atoms with Gasteiger partial charge in [-0.3, -0.25) is 0 Å². The summed E-state index contributed by atoms with van der Waals surface area (Å²) in [5.74, 6) is -0.332. The molecule has 0 saturated carbocycles. The molecule has 0 bridgehead atoms. The number of hydrogen-bond acceptors (Lipinski definition) is 1. The van der Waals surface area contributed by atoms with Crippen LogP contribution in [0.3, 0.4) is 0 Å². The van der Waals surface area contributed by atoms with Gasteiger partial charge in [0.25, 0.3) is 0 Å². The van der Waals surface area contributed by atoms with Gasteiger partial charge in [0.05, 0.1) is 5.02 Å². The summed E-state index contributed by atoms with van der Waals surface area (Å²) in [4.78, 5) is 0. The molecule has 0 unspecified atom stereocenters. The molecule has 1 aromatic rings. The first-order chi connectivity index (χ1) is 5.52. The topological polar surface area (TPSA) is 26.0 Å². The molecule has 2 N–H and O–H groups in total. The molecule has 0 aliphatic carbocycles. The van der Waals surface area contributed by atoms with E-state index >= 15 is 0 Å². The molecule has 4 heteroatoms. The van der Waals surface area contributed by atoms with Crippen molar-refractivity contribution >= 4 is 27.5 Å². The molecule has 1 atom stereocenters. The first-order valence-corrected chi connectivity index (χ1v) is 4.59. The van der Waals surface area contributed by atoms with E-state index in [1.807, 2.05) is 0 Å². The fraction of sp³-hybridized carbons (Fsp3) is 0.250. The van der Waals surface area contributed by atoms with Crippen LogP contribution in [0.15, 0.2) is 16.6 Å². The highest BCUT2D eigenvalue weighted by atomic mass is 79.9. The SMILES string of the molecule is C[C@H](N)c1cc(Cl)c(Br)cc1F. The van der Waals surface area contributed by atoms with Gasteiger partial charge >= 0.3 is 0 Å². The quantitative estimate of drug-likeness (QED) is 0.763. The number of rotatable bonds is 1. The van der Waals surface area contributed by atoms with E-state index < -0.39 is 0 Å². The molecule has 0 aliphatic rings. The number of benzene rings is 1. The third kappa shape index (κ3) is 1.97. The molecular formula is C8H8BrClFN. The maximum absolute atomic E-state index is 13.1. The molecule has 66 valence electrons. The van der Waals surface area contributed by atoms with Gasteiger partial charge in [0, 0.05) is 16.1 Å². The minimum Gasteiger partial charge on any atom is -0.324 e. The molecule has 0 radical (unpaired) electrons. The van der Waals surface area contributed by atoms with Gasteiger partial charge in [-0.15, -0.1) is 0 Å². The van der Waals surface area contributed by atoms with Crippen molar-refractivity contribution < 1.29 is 4.39 Å². The van der Waals surface area contributed by atoms with Crippen molar-refractivity contribution in [2.45, 2.75) is 13.0 Å². The third-order valence-electron chi connectivity index (χ3n) is 1.53. The fourth-order valence-electron chi connectivity index (χ4n) is 0.887. The molecule has 0 amide bonds. The standard InChI is InChI=1S/C8H8BrClFN/c1-4(12)5-2-7(10)6(9)3-8(5)11/h2-4H,12H2,1H3/t4-/m0/s1. The summed E-state index contributed by atoms with van der Waals surface area (Å²) in [6.45, 7) is 1.71. The van der Waals surface area contributed by atoms with Gasteiger partial charge in [-0.05, 0) is 35.0 Å². The largest absolute Gasteiger partial charge is 0.324 e. The van der Waals surface area contributed by atoms with Gasteiger partial charge in [0.1, 0.15) is 5.82 Å². The highest BCUT2D eigenvalue weighted by molar-refractivity contribution is 9.10. The minimum absolute atomic E-state index is 0.332. The van der Waals surface area contributed by atoms with Gasteiger partial charge in [0.15, 0.2) is 0 Å². The Labute approximate surface area is 83.8 Å². The minimum atomic E-state index is -0.337. The Kier molecular flexibility index (Phi) is 3.09. The van der Waals surface area contributed by atoms with E-state index in [4.69, 9.17) is 17.3 Å². The van der Waals surface area contributed by atoms with Crippen LogP contribution in [-0.2, 0) is 0 Å². The average Bonchev–Trinajstić information content (AvgIpc) is 1.96. The summed E-state index contributed by atoms with van der Waals surface area (Å²) in [6, 6.07) is 2.52. The molecule has 1 aromatic carbocycles. The fourth-order valence-corrected chi connectivity index (χ4v) is 1.37. The maximum Gasteiger partial charge on any atom is 0.129 e. The van der Waals surface area contributed by atoms with E-state index in [0.29, 0.717) is 15.1 Å². The van der Waals surface area contributed by atoms with Crippen molar-refractivity contribution in [1.82, 2.24) is 0 Å². The highest BCUT2D eigenvalue weighted by Crippen LogP contribution is 2.27. The lowest BCUT2D eigenvalue weighted by atomic mass is 10.1. The molecule has 1 nitrogen and oxygen atoms in total. The second-order valence-electron chi connectivity index (χ2n) is 2.58. The summed E-state index contributed by atoms with van der Waals surface area (Å²) in [6.07, 6.45) is 0. The lowest BCUT2D eigenvalue weighted by Crippen LogP contribution is -2.07. The van der Waals surface area contributed by atoms with Crippen molar-refractivity contribution in [3.05, 3.63) is 33.0 Å². The molecule has 0 saturated heterocycles. The van der Waals surface area contributed by atoms with Crippen molar-refractivity contribution in [2.75, 3.05) is 0 Å². The predicted octanol–water partition coefficient (Wildman–Crippen LogP) is 3.26. The van der Waals surface area contributed by atoms with Crippen LogP contribution in [0.1, 0.15) is 18.5 Å². The van der Waals surface area contributed by atoms with E-state index in [1.165, 1.54) is 12.1 Å². The number of hydrogen-bond donors (Lipinski definition) is 1. The van der Waals surface area contributed by atoms with E-state index in [9.17, 15) is 4.39 Å². The van der Waals surface area contributed by atoms with E-state index in [2.05, 4.69) is 15.9 Å². The molecule has 1 rings (SSSR count). The van der Waals surface area contributed by atoms with E-state index in [1.54, 1.807) is 6.92 Å². The van der Waals surface area contributed by atoms with Crippen LogP contribution in [0.25, 0.3) is 0 Å². The smallest absolute Gasteiger partial charge is 0.129 e. The molecular weight excluding hydrogens is 244 g/mol. The van der Waals surface area contributed by atoms with Crippen LogP contribution in [0.4, 0.5) is 4.39 Å². The molecule has 0 fully saturated rings. The van der Waals surface area contributed by atoms with Crippen molar-refractivity contribution in [2.24, 2.45) is 5.73 Å². The van der Waals surface area contributed by atoms with Gasteiger partial charge in [0.2, 0.25) is 0 Å². The third-order valence-corrected chi connectivity index (χ3v) is 2.73. The summed E-state index contributed by atoms with van der Waals surface area (Å²) in [5, 5.41) is 0.476. The van der Waals surface area contributed by atoms with Crippen LogP contribution >= 0.6 is 27.5 Å². The summed E-state index contributed by atoms with van der Waals surface area (Å²) < 4.78 is 13.7. The van der Waals surface area contributed by atoms with Crippen molar-refractivity contribution in [3.63, 3.8) is 0 Å². The molecule has 0 aromatic heterocycles. The maximum atomic E-state index is 13.1. The van der Waals surface area contributed by atoms with Crippen LogP contribution < -0.4 is 5.73 Å². The Morgan fingerprint density at radius 3 is 2.67 bits per heavy atom. The molecule has 12 heavy (non-hydrogen) atoms. The Balaban J connectivity index is 3.23. The summed E-state index contributed by atoms with van der Waals surface area (Å²) >= 11 is 8.88. The first kappa shape index (κ1) is 9.96. The normalized spacial score (nSPS) is 13.1. The lowest BCUT2D eigenvalue weighted by Gasteiger charge is -2.08. The van der Waals surface area contributed by atoms with Gasteiger partial charge in [-0.25, -0.2) is 4.39 Å². The van der Waals surface area contributed by atoms with Gasteiger partial charge in [-0.1, -0.05) is 11.6 Å².